The highest BCUT2D eigenvalue weighted by molar-refractivity contribution is 6.04. The molecule has 0 saturated carbocycles. The van der Waals surface area contributed by atoms with Crippen molar-refractivity contribution in [1.82, 2.24) is 0 Å². The highest BCUT2D eigenvalue weighted by atomic mass is 14.7. The summed E-state index contributed by atoms with van der Waals surface area (Å²) in [6.07, 6.45) is 11.1. The minimum atomic E-state index is 0.712. The molecule has 52 valence electrons. The Labute approximate surface area is 61.5 Å². The fraction of sp³-hybridized carbons (Fsp3) is 0.222. The third-order valence-electron chi connectivity index (χ3n) is 1.25. The van der Waals surface area contributed by atoms with E-state index < -0.39 is 0 Å². The quantitative estimate of drug-likeness (QED) is 0.512. The van der Waals surface area contributed by atoms with Crippen LogP contribution in [0.15, 0.2) is 42.0 Å². The lowest BCUT2D eigenvalue weighted by Gasteiger charge is -1.96. The van der Waals surface area contributed by atoms with Gasteiger partial charge in [-0.1, -0.05) is 18.2 Å². The first-order valence-corrected chi connectivity index (χ1v) is 3.42. The van der Waals surface area contributed by atoms with Gasteiger partial charge >= 0.3 is 0 Å². The van der Waals surface area contributed by atoms with Crippen molar-refractivity contribution < 1.29 is 0 Å². The predicted molar refractivity (Wildman–Crippen MR) is 45.4 cm³/mol. The Kier molecular flexibility index (Phi) is 2.68. The molecule has 0 heterocycles. The molecule has 1 heteroatoms. The van der Waals surface area contributed by atoms with Crippen molar-refractivity contribution in [1.29, 1.82) is 0 Å². The summed E-state index contributed by atoms with van der Waals surface area (Å²) >= 11 is 0. The van der Waals surface area contributed by atoms with Gasteiger partial charge in [-0.3, -0.25) is 4.99 Å². The van der Waals surface area contributed by atoms with Gasteiger partial charge in [-0.25, -0.2) is 0 Å². The fourth-order valence-corrected chi connectivity index (χ4v) is 0.787. The van der Waals surface area contributed by atoms with Gasteiger partial charge in [0.05, 0.1) is 12.3 Å². The first-order chi connectivity index (χ1) is 4.93. The Morgan fingerprint density at radius 1 is 1.50 bits per heavy atom. The van der Waals surface area contributed by atoms with E-state index in [1.54, 1.807) is 6.08 Å². The molecule has 0 amide bonds. The van der Waals surface area contributed by atoms with Gasteiger partial charge in [-0.2, -0.15) is 0 Å². The zero-order valence-electron chi connectivity index (χ0n) is 5.96. The van der Waals surface area contributed by atoms with E-state index in [9.17, 15) is 0 Å². The first-order valence-electron chi connectivity index (χ1n) is 3.42. The van der Waals surface area contributed by atoms with Crippen molar-refractivity contribution in [2.24, 2.45) is 4.99 Å². The highest BCUT2D eigenvalue weighted by Crippen LogP contribution is 1.97. The van der Waals surface area contributed by atoms with Gasteiger partial charge in [0, 0.05) is 0 Å². The minimum Gasteiger partial charge on any atom is -0.281 e. The van der Waals surface area contributed by atoms with Crippen LogP contribution < -0.4 is 0 Å². The molecule has 10 heavy (non-hydrogen) atoms. The van der Waals surface area contributed by atoms with Gasteiger partial charge in [0.1, 0.15) is 0 Å². The van der Waals surface area contributed by atoms with Crippen LogP contribution in [0.4, 0.5) is 0 Å². The van der Waals surface area contributed by atoms with Crippen LogP contribution in [0.25, 0.3) is 0 Å². The van der Waals surface area contributed by atoms with Crippen LogP contribution in [-0.4, -0.2) is 12.3 Å². The number of rotatable bonds is 2. The average molecular weight is 133 g/mol. The number of hydrogen-bond acceptors (Lipinski definition) is 1. The van der Waals surface area contributed by atoms with Crippen molar-refractivity contribution in [3.05, 3.63) is 37.0 Å². The number of aliphatic imine (C=N–C) groups is 1. The second-order valence-electron chi connectivity index (χ2n) is 2.09. The maximum absolute atomic E-state index is 4.23. The molecule has 0 aliphatic heterocycles. The second kappa shape index (κ2) is 3.83. The number of allylic oxidation sites excluding steroid dienone is 4. The van der Waals surface area contributed by atoms with E-state index in [4.69, 9.17) is 0 Å². The normalized spacial score (nSPS) is 15.4. The maximum Gasteiger partial charge on any atom is 0.0574 e. The molecular weight excluding hydrogens is 122 g/mol. The third kappa shape index (κ3) is 2.02. The Balaban J connectivity index is 2.53. The summed E-state index contributed by atoms with van der Waals surface area (Å²) in [7, 11) is 0. The molecule has 0 aromatic heterocycles. The van der Waals surface area contributed by atoms with Crippen LogP contribution in [0, 0.1) is 0 Å². The standard InChI is InChI=1S/C9H11N/c1-2-8-10-9-6-4-3-5-7-9/h2,4-7H,1,3,8H2. The van der Waals surface area contributed by atoms with Crippen LogP contribution >= 0.6 is 0 Å². The minimum absolute atomic E-state index is 0.712. The molecule has 0 aromatic rings. The van der Waals surface area contributed by atoms with E-state index in [1.165, 1.54) is 0 Å². The summed E-state index contributed by atoms with van der Waals surface area (Å²) in [5, 5.41) is 0. The van der Waals surface area contributed by atoms with Crippen molar-refractivity contribution >= 4 is 5.71 Å². The Bertz CT molecular complexity index is 183. The van der Waals surface area contributed by atoms with Gasteiger partial charge in [-0.05, 0) is 18.6 Å². The van der Waals surface area contributed by atoms with Gasteiger partial charge in [-0.15, -0.1) is 6.58 Å². The first kappa shape index (κ1) is 7.00. The molecular formula is C9H11N. The SMILES string of the molecule is C=CCN=C1C=CCC=C1. The summed E-state index contributed by atoms with van der Waals surface area (Å²) < 4.78 is 0. The lowest BCUT2D eigenvalue weighted by atomic mass is 10.2. The molecule has 0 bridgehead atoms. The molecule has 1 aliphatic carbocycles. The van der Waals surface area contributed by atoms with Crippen molar-refractivity contribution in [3.63, 3.8) is 0 Å². The van der Waals surface area contributed by atoms with E-state index in [0.717, 1.165) is 12.1 Å². The summed E-state index contributed by atoms with van der Waals surface area (Å²) in [4.78, 5) is 4.23. The second-order valence-corrected chi connectivity index (χ2v) is 2.09. The van der Waals surface area contributed by atoms with E-state index in [1.807, 2.05) is 12.2 Å². The summed E-state index contributed by atoms with van der Waals surface area (Å²) in [6, 6.07) is 0. The molecule has 1 rings (SSSR count). The monoisotopic (exact) mass is 133 g/mol. The highest BCUT2D eigenvalue weighted by Gasteiger charge is 1.89. The number of nitrogens with zero attached hydrogens (tertiary/aromatic N) is 1. The molecule has 1 aliphatic rings. The lowest BCUT2D eigenvalue weighted by Crippen LogP contribution is -1.92. The van der Waals surface area contributed by atoms with E-state index in [2.05, 4.69) is 23.7 Å². The molecule has 0 saturated heterocycles. The van der Waals surface area contributed by atoms with E-state index in [-0.39, 0.29) is 0 Å². The van der Waals surface area contributed by atoms with Gasteiger partial charge in [0.2, 0.25) is 0 Å². The lowest BCUT2D eigenvalue weighted by molar-refractivity contribution is 1.25. The molecule has 0 spiro atoms. The van der Waals surface area contributed by atoms with Gasteiger partial charge in [0.25, 0.3) is 0 Å². The molecule has 0 unspecified atom stereocenters. The largest absolute Gasteiger partial charge is 0.281 e. The number of hydrogen-bond donors (Lipinski definition) is 0. The summed E-state index contributed by atoms with van der Waals surface area (Å²) in [5.74, 6) is 0. The average Bonchev–Trinajstić information content (AvgIpc) is 2.03. The van der Waals surface area contributed by atoms with Crippen LogP contribution in [-0.2, 0) is 0 Å². The third-order valence-corrected chi connectivity index (χ3v) is 1.25. The van der Waals surface area contributed by atoms with Gasteiger partial charge < -0.3 is 0 Å². The molecule has 0 radical (unpaired) electrons. The molecule has 0 atom stereocenters. The van der Waals surface area contributed by atoms with Crippen molar-refractivity contribution in [2.75, 3.05) is 6.54 Å². The molecule has 0 fully saturated rings. The van der Waals surface area contributed by atoms with E-state index in [0.29, 0.717) is 6.54 Å². The van der Waals surface area contributed by atoms with Crippen molar-refractivity contribution in [2.45, 2.75) is 6.42 Å². The van der Waals surface area contributed by atoms with E-state index >= 15 is 0 Å². The summed E-state index contributed by atoms with van der Waals surface area (Å²) in [5.41, 5.74) is 1.05. The smallest absolute Gasteiger partial charge is 0.0574 e. The Morgan fingerprint density at radius 3 is 2.80 bits per heavy atom. The molecule has 0 aromatic carbocycles. The maximum atomic E-state index is 4.23. The van der Waals surface area contributed by atoms with Crippen LogP contribution in [0.2, 0.25) is 0 Å². The zero-order valence-corrected chi connectivity index (χ0v) is 5.96. The Hall–Kier alpha value is -1.11. The van der Waals surface area contributed by atoms with Crippen molar-refractivity contribution in [3.8, 4) is 0 Å². The topological polar surface area (TPSA) is 12.4 Å². The van der Waals surface area contributed by atoms with Crippen LogP contribution in [0.5, 0.6) is 0 Å². The zero-order chi connectivity index (χ0) is 7.23. The molecule has 1 nitrogen and oxygen atoms in total. The van der Waals surface area contributed by atoms with Gasteiger partial charge in [0.15, 0.2) is 0 Å². The predicted octanol–water partition coefficient (Wildman–Crippen LogP) is 2.13. The Morgan fingerprint density at radius 2 is 2.20 bits per heavy atom. The fourth-order valence-electron chi connectivity index (χ4n) is 0.787. The summed E-state index contributed by atoms with van der Waals surface area (Å²) in [6.45, 7) is 4.30. The van der Waals surface area contributed by atoms with Crippen LogP contribution in [0.1, 0.15) is 6.42 Å². The van der Waals surface area contributed by atoms with Crippen LogP contribution in [0.3, 0.4) is 0 Å². The molecule has 0 N–H and O–H groups in total.